The number of Topliss-reactive ketones (excluding diaryl/α,β-unsaturated/α-hetero) is 1. The Labute approximate surface area is 89.1 Å². The minimum absolute atomic E-state index is 0.275. The van der Waals surface area contributed by atoms with Crippen molar-refractivity contribution >= 4 is 17.9 Å². The Bertz CT molecular complexity index is 314. The molecule has 1 aliphatic rings. The predicted molar refractivity (Wildman–Crippen MR) is 49.2 cm³/mol. The predicted octanol–water partition coefficient (Wildman–Crippen LogP) is -0.723. The van der Waals surface area contributed by atoms with Gasteiger partial charge in [0, 0.05) is 19.3 Å². The second kappa shape index (κ2) is 5.06. The lowest BCUT2D eigenvalue weighted by Crippen LogP contribution is -2.45. The van der Waals surface area contributed by atoms with Gasteiger partial charge in [0.1, 0.15) is 6.04 Å². The zero-order valence-corrected chi connectivity index (χ0v) is 8.17. The van der Waals surface area contributed by atoms with Gasteiger partial charge < -0.3 is 10.6 Å². The number of hydrogen-bond acceptors (Lipinski definition) is 4. The molecular weight excluding hydrogens is 227 g/mol. The Morgan fingerprint density at radius 2 is 2.19 bits per heavy atom. The third kappa shape index (κ3) is 3.61. The molecule has 0 radical (unpaired) electrons. The van der Waals surface area contributed by atoms with Crippen LogP contribution in [-0.4, -0.2) is 49.8 Å². The second-order valence-electron chi connectivity index (χ2n) is 3.15. The van der Waals surface area contributed by atoms with Crippen molar-refractivity contribution in [3.05, 3.63) is 0 Å². The summed E-state index contributed by atoms with van der Waals surface area (Å²) in [4.78, 5) is 25.5. The first-order valence-electron chi connectivity index (χ1n) is 4.51. The van der Waals surface area contributed by atoms with Crippen molar-refractivity contribution in [2.45, 2.75) is 12.2 Å². The number of aliphatic imine (C=N–C) groups is 1. The lowest BCUT2D eigenvalue weighted by Gasteiger charge is -2.16. The smallest absolute Gasteiger partial charge is 0.341 e. The van der Waals surface area contributed by atoms with Crippen LogP contribution in [0.1, 0.15) is 0 Å². The first kappa shape index (κ1) is 12.6. The van der Waals surface area contributed by atoms with Crippen molar-refractivity contribution in [3.63, 3.8) is 0 Å². The SMILES string of the molecule is O=C(CNC(=O)C(F)(F)F)C1CNCC=N1. The highest BCUT2D eigenvalue weighted by Crippen LogP contribution is 2.13. The molecule has 1 heterocycles. The van der Waals surface area contributed by atoms with Crippen molar-refractivity contribution in [1.82, 2.24) is 10.6 Å². The van der Waals surface area contributed by atoms with Gasteiger partial charge in [0.2, 0.25) is 0 Å². The van der Waals surface area contributed by atoms with E-state index in [1.54, 1.807) is 0 Å². The van der Waals surface area contributed by atoms with Crippen LogP contribution in [0.15, 0.2) is 4.99 Å². The number of hydrogen-bond donors (Lipinski definition) is 2. The molecule has 0 aromatic rings. The molecule has 1 aliphatic heterocycles. The molecule has 90 valence electrons. The molecule has 0 bridgehead atoms. The van der Waals surface area contributed by atoms with Crippen molar-refractivity contribution < 1.29 is 22.8 Å². The molecule has 1 rings (SSSR count). The van der Waals surface area contributed by atoms with E-state index in [9.17, 15) is 22.8 Å². The van der Waals surface area contributed by atoms with E-state index in [-0.39, 0.29) is 6.54 Å². The fourth-order valence-electron chi connectivity index (χ4n) is 1.10. The van der Waals surface area contributed by atoms with E-state index >= 15 is 0 Å². The first-order valence-corrected chi connectivity index (χ1v) is 4.51. The average molecular weight is 237 g/mol. The largest absolute Gasteiger partial charge is 0.471 e. The minimum atomic E-state index is -4.96. The number of carbonyl (C=O) groups is 2. The van der Waals surface area contributed by atoms with Gasteiger partial charge in [-0.1, -0.05) is 0 Å². The molecule has 8 heteroatoms. The minimum Gasteiger partial charge on any atom is -0.341 e. The van der Waals surface area contributed by atoms with E-state index in [1.165, 1.54) is 11.5 Å². The summed E-state index contributed by atoms with van der Waals surface area (Å²) in [6.07, 6.45) is -3.49. The topological polar surface area (TPSA) is 70.6 Å². The Morgan fingerprint density at radius 3 is 2.69 bits per heavy atom. The van der Waals surface area contributed by atoms with Crippen molar-refractivity contribution in [2.24, 2.45) is 4.99 Å². The maximum atomic E-state index is 11.8. The van der Waals surface area contributed by atoms with Crippen molar-refractivity contribution in [3.8, 4) is 0 Å². The number of carbonyl (C=O) groups excluding carboxylic acids is 2. The third-order valence-corrected chi connectivity index (χ3v) is 1.91. The molecule has 1 atom stereocenters. The number of amides is 1. The molecule has 2 N–H and O–H groups in total. The molecule has 0 spiro atoms. The monoisotopic (exact) mass is 237 g/mol. The third-order valence-electron chi connectivity index (χ3n) is 1.91. The van der Waals surface area contributed by atoms with Crippen LogP contribution < -0.4 is 10.6 Å². The van der Waals surface area contributed by atoms with Crippen LogP contribution in [0.2, 0.25) is 0 Å². The molecule has 0 fully saturated rings. The van der Waals surface area contributed by atoms with E-state index < -0.39 is 30.5 Å². The standard InChI is InChI=1S/C8H10F3N3O2/c9-8(10,11)7(16)14-4-6(15)5-3-12-1-2-13-5/h2,5,12H,1,3-4H2,(H,14,16). The number of ketones is 1. The van der Waals surface area contributed by atoms with Crippen LogP contribution in [0.25, 0.3) is 0 Å². The number of nitrogens with zero attached hydrogens (tertiary/aromatic N) is 1. The molecule has 1 unspecified atom stereocenters. The van der Waals surface area contributed by atoms with Gasteiger partial charge in [-0.2, -0.15) is 13.2 Å². The van der Waals surface area contributed by atoms with Crippen LogP contribution in [0, 0.1) is 0 Å². The molecular formula is C8H10F3N3O2. The fraction of sp³-hybridized carbons (Fsp3) is 0.625. The molecule has 0 aliphatic carbocycles. The zero-order valence-electron chi connectivity index (χ0n) is 8.17. The van der Waals surface area contributed by atoms with Crippen LogP contribution in [-0.2, 0) is 9.59 Å². The van der Waals surface area contributed by atoms with E-state index in [0.717, 1.165) is 0 Å². The maximum absolute atomic E-state index is 11.8. The molecule has 16 heavy (non-hydrogen) atoms. The zero-order chi connectivity index (χ0) is 12.2. The number of nitrogens with one attached hydrogen (secondary N) is 2. The fourth-order valence-corrected chi connectivity index (χ4v) is 1.10. The van der Waals surface area contributed by atoms with Crippen LogP contribution >= 0.6 is 0 Å². The highest BCUT2D eigenvalue weighted by Gasteiger charge is 2.38. The molecule has 0 saturated carbocycles. The van der Waals surface area contributed by atoms with Gasteiger partial charge in [-0.15, -0.1) is 0 Å². The molecule has 0 aromatic carbocycles. The summed E-state index contributed by atoms with van der Waals surface area (Å²) in [6, 6.07) is -0.720. The van der Waals surface area contributed by atoms with Gasteiger partial charge in [0.05, 0.1) is 6.54 Å². The lowest BCUT2D eigenvalue weighted by molar-refractivity contribution is -0.173. The van der Waals surface area contributed by atoms with Gasteiger partial charge in [0.15, 0.2) is 5.78 Å². The van der Waals surface area contributed by atoms with Crippen LogP contribution in [0.4, 0.5) is 13.2 Å². The van der Waals surface area contributed by atoms with E-state index in [0.29, 0.717) is 6.54 Å². The van der Waals surface area contributed by atoms with Gasteiger partial charge in [-0.25, -0.2) is 0 Å². The Kier molecular flexibility index (Phi) is 3.99. The summed E-state index contributed by atoms with van der Waals surface area (Å²) in [5.74, 6) is -2.67. The van der Waals surface area contributed by atoms with Crippen molar-refractivity contribution in [2.75, 3.05) is 19.6 Å². The Hall–Kier alpha value is -1.44. The van der Waals surface area contributed by atoms with Crippen LogP contribution in [0.5, 0.6) is 0 Å². The van der Waals surface area contributed by atoms with E-state index in [1.807, 2.05) is 0 Å². The van der Waals surface area contributed by atoms with E-state index in [4.69, 9.17) is 0 Å². The summed E-state index contributed by atoms with van der Waals surface area (Å²) in [6.45, 7) is 0.137. The molecule has 0 aromatic heterocycles. The molecule has 0 saturated heterocycles. The van der Waals surface area contributed by atoms with Gasteiger partial charge in [-0.3, -0.25) is 14.6 Å². The summed E-state index contributed by atoms with van der Waals surface area (Å²) >= 11 is 0. The molecule has 1 amide bonds. The summed E-state index contributed by atoms with van der Waals surface area (Å²) in [7, 11) is 0. The maximum Gasteiger partial charge on any atom is 0.471 e. The number of halogens is 3. The highest BCUT2D eigenvalue weighted by molar-refractivity contribution is 5.92. The second-order valence-corrected chi connectivity index (χ2v) is 3.15. The Morgan fingerprint density at radius 1 is 1.50 bits per heavy atom. The normalized spacial score (nSPS) is 20.6. The summed E-state index contributed by atoms with van der Waals surface area (Å²) < 4.78 is 35.3. The van der Waals surface area contributed by atoms with Crippen molar-refractivity contribution in [1.29, 1.82) is 0 Å². The number of alkyl halides is 3. The number of rotatable bonds is 3. The quantitative estimate of drug-likeness (QED) is 0.680. The highest BCUT2D eigenvalue weighted by atomic mass is 19.4. The summed E-state index contributed by atoms with van der Waals surface area (Å²) in [5.41, 5.74) is 0. The summed E-state index contributed by atoms with van der Waals surface area (Å²) in [5, 5.41) is 4.33. The first-order chi connectivity index (χ1) is 7.41. The van der Waals surface area contributed by atoms with E-state index in [2.05, 4.69) is 10.3 Å². The van der Waals surface area contributed by atoms with Gasteiger partial charge in [-0.05, 0) is 0 Å². The Balaban J connectivity index is 2.38. The average Bonchev–Trinajstić information content (AvgIpc) is 2.25. The van der Waals surface area contributed by atoms with Gasteiger partial charge in [0.25, 0.3) is 0 Å². The molecule has 5 nitrogen and oxygen atoms in total. The van der Waals surface area contributed by atoms with Gasteiger partial charge >= 0.3 is 12.1 Å². The van der Waals surface area contributed by atoms with Crippen LogP contribution in [0.3, 0.4) is 0 Å². The lowest BCUT2D eigenvalue weighted by atomic mass is 10.1.